The molecule has 5 nitrogen and oxygen atoms in total. The highest BCUT2D eigenvalue weighted by Gasteiger charge is 2.21. The summed E-state index contributed by atoms with van der Waals surface area (Å²) >= 11 is 0. The van der Waals surface area contributed by atoms with Gasteiger partial charge in [0.05, 0.1) is 0 Å². The summed E-state index contributed by atoms with van der Waals surface area (Å²) in [4.78, 5) is 24.2. The van der Waals surface area contributed by atoms with Gasteiger partial charge in [-0.25, -0.2) is 0 Å². The lowest BCUT2D eigenvalue weighted by Gasteiger charge is -2.18. The number of ether oxygens (including phenoxy) is 1. The van der Waals surface area contributed by atoms with Crippen molar-refractivity contribution in [2.75, 3.05) is 17.2 Å². The summed E-state index contributed by atoms with van der Waals surface area (Å²) in [6.45, 7) is 9.35. The molecule has 26 heavy (non-hydrogen) atoms. The van der Waals surface area contributed by atoms with Crippen LogP contribution in [-0.4, -0.2) is 18.4 Å². The molecule has 0 aliphatic heterocycles. The minimum absolute atomic E-state index is 0.0791. The van der Waals surface area contributed by atoms with Crippen LogP contribution in [0.4, 0.5) is 11.4 Å². The van der Waals surface area contributed by atoms with E-state index in [4.69, 9.17) is 4.74 Å². The third kappa shape index (κ3) is 5.34. The standard InChI is InChI=1S/C21H26N2O3/c1-14-8-6-9-15(2)19(14)26-13-18(24)22-16-10-7-11-17(12-16)23-20(25)21(3,4)5/h6-12H,13H2,1-5H3,(H,22,24)(H,23,25). The van der Waals surface area contributed by atoms with E-state index in [1.165, 1.54) is 0 Å². The molecule has 2 amide bonds. The minimum Gasteiger partial charge on any atom is -0.483 e. The van der Waals surface area contributed by atoms with Gasteiger partial charge >= 0.3 is 0 Å². The Balaban J connectivity index is 1.97. The number of hydrogen-bond acceptors (Lipinski definition) is 3. The topological polar surface area (TPSA) is 67.4 Å². The third-order valence-corrected chi connectivity index (χ3v) is 3.84. The summed E-state index contributed by atoms with van der Waals surface area (Å²) in [7, 11) is 0. The maximum atomic E-state index is 12.2. The van der Waals surface area contributed by atoms with Crippen LogP contribution in [0.1, 0.15) is 31.9 Å². The zero-order valence-corrected chi connectivity index (χ0v) is 16.0. The maximum absolute atomic E-state index is 12.2. The first-order valence-electron chi connectivity index (χ1n) is 8.57. The molecule has 138 valence electrons. The number of para-hydroxylation sites is 1. The van der Waals surface area contributed by atoms with E-state index in [9.17, 15) is 9.59 Å². The molecule has 0 saturated carbocycles. The zero-order valence-electron chi connectivity index (χ0n) is 16.0. The Morgan fingerprint density at radius 1 is 0.923 bits per heavy atom. The van der Waals surface area contributed by atoms with E-state index >= 15 is 0 Å². The van der Waals surface area contributed by atoms with Gasteiger partial charge in [0, 0.05) is 16.8 Å². The van der Waals surface area contributed by atoms with Crippen molar-refractivity contribution in [2.24, 2.45) is 5.41 Å². The second kappa shape index (κ2) is 8.04. The number of aryl methyl sites for hydroxylation is 2. The minimum atomic E-state index is -0.488. The molecule has 2 aromatic carbocycles. The highest BCUT2D eigenvalue weighted by Crippen LogP contribution is 2.23. The quantitative estimate of drug-likeness (QED) is 0.841. The Morgan fingerprint density at radius 2 is 1.46 bits per heavy atom. The molecule has 2 aromatic rings. The van der Waals surface area contributed by atoms with E-state index in [0.717, 1.165) is 16.9 Å². The first kappa shape index (κ1) is 19.5. The lowest BCUT2D eigenvalue weighted by molar-refractivity contribution is -0.123. The summed E-state index contributed by atoms with van der Waals surface area (Å²) in [5.41, 5.74) is 2.73. The Hall–Kier alpha value is -2.82. The SMILES string of the molecule is Cc1cccc(C)c1OCC(=O)Nc1cccc(NC(=O)C(C)(C)C)c1. The van der Waals surface area contributed by atoms with Crippen molar-refractivity contribution in [2.45, 2.75) is 34.6 Å². The summed E-state index contributed by atoms with van der Waals surface area (Å²) in [5, 5.41) is 5.64. The van der Waals surface area contributed by atoms with Crippen molar-refractivity contribution in [3.8, 4) is 5.75 Å². The molecule has 0 saturated heterocycles. The summed E-state index contributed by atoms with van der Waals surface area (Å²) in [5.74, 6) is 0.389. The molecule has 0 aliphatic rings. The zero-order chi connectivity index (χ0) is 19.3. The first-order chi connectivity index (χ1) is 12.2. The fourth-order valence-electron chi connectivity index (χ4n) is 2.35. The number of amides is 2. The second-order valence-corrected chi connectivity index (χ2v) is 7.34. The Labute approximate surface area is 154 Å². The molecule has 0 spiro atoms. The molecule has 0 aliphatic carbocycles. The molecule has 5 heteroatoms. The molecule has 0 unspecified atom stereocenters. The van der Waals surface area contributed by atoms with Gasteiger partial charge in [0.1, 0.15) is 5.75 Å². The van der Waals surface area contributed by atoms with Crippen molar-refractivity contribution in [3.63, 3.8) is 0 Å². The average molecular weight is 354 g/mol. The van der Waals surface area contributed by atoms with E-state index in [0.29, 0.717) is 11.4 Å². The van der Waals surface area contributed by atoms with Crippen molar-refractivity contribution < 1.29 is 14.3 Å². The van der Waals surface area contributed by atoms with Gasteiger partial charge in [-0.1, -0.05) is 45.0 Å². The van der Waals surface area contributed by atoms with Crippen molar-refractivity contribution in [1.29, 1.82) is 0 Å². The van der Waals surface area contributed by atoms with Crippen LogP contribution in [0.15, 0.2) is 42.5 Å². The normalized spacial score (nSPS) is 11.0. The summed E-state index contributed by atoms with van der Waals surface area (Å²) in [6.07, 6.45) is 0. The maximum Gasteiger partial charge on any atom is 0.262 e. The van der Waals surface area contributed by atoms with Crippen LogP contribution in [-0.2, 0) is 9.59 Å². The fourth-order valence-corrected chi connectivity index (χ4v) is 2.35. The largest absolute Gasteiger partial charge is 0.483 e. The van der Waals surface area contributed by atoms with Crippen LogP contribution in [0.2, 0.25) is 0 Å². The smallest absolute Gasteiger partial charge is 0.262 e. The molecular formula is C21H26N2O3. The number of benzene rings is 2. The molecule has 0 radical (unpaired) electrons. The molecule has 0 atom stereocenters. The molecule has 2 N–H and O–H groups in total. The van der Waals surface area contributed by atoms with Crippen molar-refractivity contribution >= 4 is 23.2 Å². The molecule has 0 aromatic heterocycles. The Bertz CT molecular complexity index is 787. The van der Waals surface area contributed by atoms with Gasteiger partial charge in [0.2, 0.25) is 5.91 Å². The van der Waals surface area contributed by atoms with Crippen LogP contribution >= 0.6 is 0 Å². The predicted molar refractivity (Wildman–Crippen MR) is 105 cm³/mol. The monoisotopic (exact) mass is 354 g/mol. The fraction of sp³-hybridized carbons (Fsp3) is 0.333. The molecular weight excluding hydrogens is 328 g/mol. The molecule has 0 fully saturated rings. The number of rotatable bonds is 5. The van der Waals surface area contributed by atoms with Gasteiger partial charge in [-0.15, -0.1) is 0 Å². The van der Waals surface area contributed by atoms with Gasteiger partial charge < -0.3 is 15.4 Å². The molecule has 0 heterocycles. The number of anilines is 2. The summed E-state index contributed by atoms with van der Waals surface area (Å²) < 4.78 is 5.66. The Morgan fingerprint density at radius 3 is 2.04 bits per heavy atom. The predicted octanol–water partition coefficient (Wildman–Crippen LogP) is 4.31. The number of carbonyl (C=O) groups excluding carboxylic acids is 2. The molecule has 2 rings (SSSR count). The van der Waals surface area contributed by atoms with E-state index in [-0.39, 0.29) is 18.4 Å². The van der Waals surface area contributed by atoms with Gasteiger partial charge in [-0.2, -0.15) is 0 Å². The van der Waals surface area contributed by atoms with Crippen LogP contribution in [0.3, 0.4) is 0 Å². The second-order valence-electron chi connectivity index (χ2n) is 7.34. The van der Waals surface area contributed by atoms with Gasteiger partial charge in [-0.05, 0) is 43.2 Å². The van der Waals surface area contributed by atoms with E-state index in [1.807, 2.05) is 52.8 Å². The van der Waals surface area contributed by atoms with E-state index < -0.39 is 5.41 Å². The average Bonchev–Trinajstić information content (AvgIpc) is 2.53. The van der Waals surface area contributed by atoms with Crippen LogP contribution in [0, 0.1) is 19.3 Å². The van der Waals surface area contributed by atoms with Crippen LogP contribution in [0.25, 0.3) is 0 Å². The number of nitrogens with one attached hydrogen (secondary N) is 2. The van der Waals surface area contributed by atoms with Crippen molar-refractivity contribution in [3.05, 3.63) is 53.6 Å². The summed E-state index contributed by atoms with van der Waals surface area (Å²) in [6, 6.07) is 12.9. The number of carbonyl (C=O) groups is 2. The van der Waals surface area contributed by atoms with E-state index in [1.54, 1.807) is 24.3 Å². The highest BCUT2D eigenvalue weighted by molar-refractivity contribution is 5.96. The van der Waals surface area contributed by atoms with Crippen LogP contribution < -0.4 is 15.4 Å². The lowest BCUT2D eigenvalue weighted by atomic mass is 9.95. The third-order valence-electron chi connectivity index (χ3n) is 3.84. The number of hydrogen-bond donors (Lipinski definition) is 2. The lowest BCUT2D eigenvalue weighted by Crippen LogP contribution is -2.27. The van der Waals surface area contributed by atoms with Gasteiger partial charge in [0.15, 0.2) is 6.61 Å². The van der Waals surface area contributed by atoms with Crippen LogP contribution in [0.5, 0.6) is 5.75 Å². The van der Waals surface area contributed by atoms with E-state index in [2.05, 4.69) is 10.6 Å². The van der Waals surface area contributed by atoms with Crippen molar-refractivity contribution in [1.82, 2.24) is 0 Å². The first-order valence-corrected chi connectivity index (χ1v) is 8.57. The van der Waals surface area contributed by atoms with Gasteiger partial charge in [0.25, 0.3) is 5.91 Å². The van der Waals surface area contributed by atoms with Gasteiger partial charge in [-0.3, -0.25) is 9.59 Å². The highest BCUT2D eigenvalue weighted by atomic mass is 16.5. The Kier molecular flexibility index (Phi) is 6.03. The molecule has 0 bridgehead atoms.